The summed E-state index contributed by atoms with van der Waals surface area (Å²) in [6.07, 6.45) is -2.86. The predicted molar refractivity (Wildman–Crippen MR) is 125 cm³/mol. The Balaban J connectivity index is 1.73. The minimum absolute atomic E-state index is 0.0170. The smallest absolute Gasteiger partial charge is 0.326 e. The van der Waals surface area contributed by atoms with Gasteiger partial charge in [-0.2, -0.15) is 13.2 Å². The standard InChI is InChI=1S/C22H17Cl2F4N3O3S/c1-35(33,34)31(12-14-9-15(25)10-18(23)21(14)24)17-5-3-16(4-6-17)30-20(32)8-13-2-7-19(29-11-13)22(26,27)28/h2-7,9-11H,8,12H2,1H3,(H,30,32). The molecular weight excluding hydrogens is 533 g/mol. The average Bonchev–Trinajstić information content (AvgIpc) is 2.75. The quantitative estimate of drug-likeness (QED) is 0.303. The van der Waals surface area contributed by atoms with Crippen molar-refractivity contribution in [2.75, 3.05) is 15.9 Å². The van der Waals surface area contributed by atoms with Gasteiger partial charge in [-0.25, -0.2) is 12.8 Å². The normalized spacial score (nSPS) is 11.9. The number of nitrogens with zero attached hydrogens (tertiary/aromatic N) is 2. The lowest BCUT2D eigenvalue weighted by molar-refractivity contribution is -0.141. The van der Waals surface area contributed by atoms with E-state index >= 15 is 0 Å². The first-order chi connectivity index (χ1) is 16.2. The summed E-state index contributed by atoms with van der Waals surface area (Å²) in [6, 6.07) is 9.76. The van der Waals surface area contributed by atoms with E-state index in [2.05, 4.69) is 10.3 Å². The minimum atomic E-state index is -4.57. The Labute approximate surface area is 208 Å². The molecule has 6 nitrogen and oxygen atoms in total. The van der Waals surface area contributed by atoms with Crippen LogP contribution in [0, 0.1) is 5.82 Å². The van der Waals surface area contributed by atoms with E-state index in [0.29, 0.717) is 5.69 Å². The van der Waals surface area contributed by atoms with Gasteiger partial charge in [0.15, 0.2) is 0 Å². The summed E-state index contributed by atoms with van der Waals surface area (Å²) in [5.41, 5.74) is -0.0899. The second kappa shape index (κ2) is 10.4. The van der Waals surface area contributed by atoms with Crippen molar-refractivity contribution in [2.45, 2.75) is 19.1 Å². The molecule has 0 atom stereocenters. The first-order valence-electron chi connectivity index (χ1n) is 9.77. The first-order valence-corrected chi connectivity index (χ1v) is 12.4. The van der Waals surface area contributed by atoms with Crippen LogP contribution < -0.4 is 9.62 Å². The van der Waals surface area contributed by atoms with Gasteiger partial charge in [-0.3, -0.25) is 14.1 Å². The number of pyridine rings is 1. The fourth-order valence-corrected chi connectivity index (χ4v) is 4.35. The summed E-state index contributed by atoms with van der Waals surface area (Å²) in [7, 11) is -3.81. The highest BCUT2D eigenvalue weighted by Crippen LogP contribution is 2.31. The van der Waals surface area contributed by atoms with E-state index in [-0.39, 0.29) is 39.8 Å². The topological polar surface area (TPSA) is 79.4 Å². The number of amides is 1. The highest BCUT2D eigenvalue weighted by molar-refractivity contribution is 7.92. The second-order valence-electron chi connectivity index (χ2n) is 7.45. The number of carbonyl (C=O) groups excluding carboxylic acids is 1. The number of aromatic nitrogens is 1. The van der Waals surface area contributed by atoms with Gasteiger partial charge in [-0.15, -0.1) is 0 Å². The van der Waals surface area contributed by atoms with Gasteiger partial charge >= 0.3 is 6.18 Å². The van der Waals surface area contributed by atoms with Gasteiger partial charge in [0.25, 0.3) is 0 Å². The van der Waals surface area contributed by atoms with E-state index in [9.17, 15) is 30.8 Å². The third-order valence-electron chi connectivity index (χ3n) is 4.70. The molecule has 1 amide bonds. The summed E-state index contributed by atoms with van der Waals surface area (Å²) in [5.74, 6) is -1.19. The van der Waals surface area contributed by atoms with Crippen LogP contribution in [0.2, 0.25) is 10.0 Å². The molecule has 0 fully saturated rings. The van der Waals surface area contributed by atoms with E-state index in [1.165, 1.54) is 24.3 Å². The largest absolute Gasteiger partial charge is 0.433 e. The van der Waals surface area contributed by atoms with Gasteiger partial charge in [-0.1, -0.05) is 29.3 Å². The van der Waals surface area contributed by atoms with Crippen LogP contribution in [-0.2, 0) is 34.0 Å². The monoisotopic (exact) mass is 549 g/mol. The molecule has 13 heteroatoms. The van der Waals surface area contributed by atoms with E-state index < -0.39 is 33.6 Å². The molecule has 186 valence electrons. The molecule has 0 bridgehead atoms. The molecule has 3 aromatic rings. The number of sulfonamides is 1. The minimum Gasteiger partial charge on any atom is -0.326 e. The fraction of sp³-hybridized carbons (Fsp3) is 0.182. The molecule has 1 N–H and O–H groups in total. The number of halogens is 6. The number of carbonyl (C=O) groups is 1. The molecule has 0 saturated heterocycles. The van der Waals surface area contributed by atoms with Crippen LogP contribution in [0.5, 0.6) is 0 Å². The highest BCUT2D eigenvalue weighted by atomic mass is 35.5. The van der Waals surface area contributed by atoms with Gasteiger partial charge in [0.1, 0.15) is 11.5 Å². The fourth-order valence-electron chi connectivity index (χ4n) is 3.08. The zero-order valence-corrected chi connectivity index (χ0v) is 20.2. The molecule has 0 aliphatic carbocycles. The molecule has 0 aliphatic rings. The maximum absolute atomic E-state index is 13.8. The zero-order valence-electron chi connectivity index (χ0n) is 17.9. The lowest BCUT2D eigenvalue weighted by atomic mass is 10.1. The Morgan fingerprint density at radius 2 is 1.74 bits per heavy atom. The van der Waals surface area contributed by atoms with Crippen molar-refractivity contribution in [2.24, 2.45) is 0 Å². The third kappa shape index (κ3) is 7.06. The van der Waals surface area contributed by atoms with Crippen molar-refractivity contribution in [3.05, 3.63) is 87.4 Å². The number of hydrogen-bond acceptors (Lipinski definition) is 4. The van der Waals surface area contributed by atoms with Crippen molar-refractivity contribution >= 4 is 50.5 Å². The van der Waals surface area contributed by atoms with Gasteiger partial charge in [0, 0.05) is 11.9 Å². The molecule has 1 aromatic heterocycles. The van der Waals surface area contributed by atoms with Crippen LogP contribution in [0.4, 0.5) is 28.9 Å². The maximum atomic E-state index is 13.8. The molecule has 0 aliphatic heterocycles. The number of benzene rings is 2. The van der Waals surface area contributed by atoms with Gasteiger partial charge in [0.05, 0.1) is 35.0 Å². The SMILES string of the molecule is CS(=O)(=O)N(Cc1cc(F)cc(Cl)c1Cl)c1ccc(NC(=O)Cc2ccc(C(F)(F)F)nc2)cc1. The third-order valence-corrected chi connectivity index (χ3v) is 6.68. The first kappa shape index (κ1) is 26.7. The number of hydrogen-bond donors (Lipinski definition) is 1. The van der Waals surface area contributed by atoms with Crippen molar-refractivity contribution in [3.8, 4) is 0 Å². The molecule has 35 heavy (non-hydrogen) atoms. The summed E-state index contributed by atoms with van der Waals surface area (Å²) in [6.45, 7) is -0.290. The lowest BCUT2D eigenvalue weighted by Crippen LogP contribution is -2.29. The average molecular weight is 550 g/mol. The maximum Gasteiger partial charge on any atom is 0.433 e. The summed E-state index contributed by atoms with van der Waals surface area (Å²) >= 11 is 12.0. The van der Waals surface area contributed by atoms with Crippen molar-refractivity contribution < 1.29 is 30.8 Å². The summed E-state index contributed by atoms with van der Waals surface area (Å²) < 4.78 is 77.3. The number of anilines is 2. The Hall–Kier alpha value is -2.89. The summed E-state index contributed by atoms with van der Waals surface area (Å²) in [5, 5.41) is 2.53. The lowest BCUT2D eigenvalue weighted by Gasteiger charge is -2.23. The molecule has 1 heterocycles. The number of alkyl halides is 3. The Morgan fingerprint density at radius 3 is 2.29 bits per heavy atom. The molecule has 0 spiro atoms. The highest BCUT2D eigenvalue weighted by Gasteiger charge is 2.32. The Bertz CT molecular complexity index is 1330. The second-order valence-corrected chi connectivity index (χ2v) is 10.1. The molecule has 0 unspecified atom stereocenters. The number of nitrogens with one attached hydrogen (secondary N) is 1. The van der Waals surface area contributed by atoms with Crippen molar-refractivity contribution in [1.82, 2.24) is 4.98 Å². The van der Waals surface area contributed by atoms with Crippen LogP contribution in [-0.4, -0.2) is 25.6 Å². The molecule has 0 saturated carbocycles. The van der Waals surface area contributed by atoms with Crippen molar-refractivity contribution in [3.63, 3.8) is 0 Å². The van der Waals surface area contributed by atoms with E-state index in [4.69, 9.17) is 23.2 Å². The summed E-state index contributed by atoms with van der Waals surface area (Å²) in [4.78, 5) is 15.6. The van der Waals surface area contributed by atoms with E-state index in [1.54, 1.807) is 0 Å². The van der Waals surface area contributed by atoms with E-state index in [1.807, 2.05) is 0 Å². The predicted octanol–water partition coefficient (Wildman–Crippen LogP) is 5.69. The van der Waals surface area contributed by atoms with Gasteiger partial charge in [0.2, 0.25) is 15.9 Å². The molecule has 3 rings (SSSR count). The van der Waals surface area contributed by atoms with Crippen LogP contribution in [0.3, 0.4) is 0 Å². The van der Waals surface area contributed by atoms with Crippen LogP contribution >= 0.6 is 23.2 Å². The molecule has 0 radical (unpaired) electrons. The van der Waals surface area contributed by atoms with Gasteiger partial charge in [-0.05, 0) is 53.6 Å². The van der Waals surface area contributed by atoms with Crippen LogP contribution in [0.25, 0.3) is 0 Å². The zero-order chi connectivity index (χ0) is 26.0. The van der Waals surface area contributed by atoms with Gasteiger partial charge < -0.3 is 5.32 Å². The Morgan fingerprint density at radius 1 is 1.09 bits per heavy atom. The van der Waals surface area contributed by atoms with Crippen molar-refractivity contribution in [1.29, 1.82) is 0 Å². The van der Waals surface area contributed by atoms with Crippen LogP contribution in [0.15, 0.2) is 54.7 Å². The Kier molecular flexibility index (Phi) is 7.93. The van der Waals surface area contributed by atoms with E-state index in [0.717, 1.165) is 41.0 Å². The molecule has 2 aromatic carbocycles. The van der Waals surface area contributed by atoms with Crippen LogP contribution in [0.1, 0.15) is 16.8 Å². The number of rotatable bonds is 7. The molecular formula is C22H17Cl2F4N3O3S.